The van der Waals surface area contributed by atoms with E-state index in [0.717, 1.165) is 5.56 Å². The molecule has 0 fully saturated rings. The van der Waals surface area contributed by atoms with Crippen molar-refractivity contribution >= 4 is 5.97 Å². The van der Waals surface area contributed by atoms with Crippen LogP contribution in [0.4, 0.5) is 0 Å². The highest BCUT2D eigenvalue weighted by Crippen LogP contribution is 2.24. The summed E-state index contributed by atoms with van der Waals surface area (Å²) in [6.45, 7) is 0.172. The fourth-order valence-corrected chi connectivity index (χ4v) is 1.32. The van der Waals surface area contributed by atoms with Crippen LogP contribution in [0.15, 0.2) is 18.2 Å². The van der Waals surface area contributed by atoms with Gasteiger partial charge in [0, 0.05) is 6.07 Å². The minimum Gasteiger partial charge on any atom is -0.496 e. The zero-order valence-corrected chi connectivity index (χ0v) is 9.10. The lowest BCUT2D eigenvalue weighted by molar-refractivity contribution is -0.139. The first-order valence-electron chi connectivity index (χ1n) is 4.89. The molecule has 0 atom stereocenters. The molecule has 0 aliphatic heterocycles. The third kappa shape index (κ3) is 3.43. The van der Waals surface area contributed by atoms with Gasteiger partial charge < -0.3 is 20.3 Å². The van der Waals surface area contributed by atoms with Crippen molar-refractivity contribution in [1.82, 2.24) is 0 Å². The highest BCUT2D eigenvalue weighted by Gasteiger charge is 2.05. The lowest BCUT2D eigenvalue weighted by atomic mass is 10.1. The summed E-state index contributed by atoms with van der Waals surface area (Å²) in [5.74, 6) is 0.123. The molecule has 5 nitrogen and oxygen atoms in total. The van der Waals surface area contributed by atoms with Crippen LogP contribution in [-0.4, -0.2) is 31.3 Å². The number of carboxylic acid groups (broad SMARTS) is 1. The molecule has 88 valence electrons. The fraction of sp³-hybridized carbons (Fsp3) is 0.364. The Hall–Kier alpha value is -1.75. The molecule has 0 spiro atoms. The lowest BCUT2D eigenvalue weighted by Gasteiger charge is -2.10. The van der Waals surface area contributed by atoms with Gasteiger partial charge in [0.05, 0.1) is 7.11 Å². The number of nitrogens with two attached hydrogens (primary N) is 1. The molecule has 0 unspecified atom stereocenters. The highest BCUT2D eigenvalue weighted by molar-refractivity contribution is 5.68. The third-order valence-electron chi connectivity index (χ3n) is 2.03. The average molecular weight is 225 g/mol. The van der Waals surface area contributed by atoms with Crippen LogP contribution in [0.2, 0.25) is 0 Å². The molecule has 0 aromatic heterocycles. The minimum atomic E-state index is -1.01. The summed E-state index contributed by atoms with van der Waals surface area (Å²) in [5, 5.41) is 8.47. The van der Waals surface area contributed by atoms with E-state index in [-0.39, 0.29) is 6.61 Å². The zero-order chi connectivity index (χ0) is 12.0. The Kier molecular flexibility index (Phi) is 4.60. The summed E-state index contributed by atoms with van der Waals surface area (Å²) >= 11 is 0. The zero-order valence-electron chi connectivity index (χ0n) is 9.10. The van der Waals surface area contributed by atoms with Crippen LogP contribution in [0, 0.1) is 0 Å². The monoisotopic (exact) mass is 225 g/mol. The van der Waals surface area contributed by atoms with Gasteiger partial charge in [0.15, 0.2) is 6.61 Å². The van der Waals surface area contributed by atoms with Gasteiger partial charge in [-0.05, 0) is 24.6 Å². The van der Waals surface area contributed by atoms with Crippen molar-refractivity contribution < 1.29 is 19.4 Å². The van der Waals surface area contributed by atoms with E-state index in [4.69, 9.17) is 20.3 Å². The van der Waals surface area contributed by atoms with E-state index in [0.29, 0.717) is 24.5 Å². The topological polar surface area (TPSA) is 81.8 Å². The molecule has 0 bridgehead atoms. The highest BCUT2D eigenvalue weighted by atomic mass is 16.5. The second-order valence-corrected chi connectivity index (χ2v) is 3.19. The molecule has 16 heavy (non-hydrogen) atoms. The normalized spacial score (nSPS) is 9.88. The number of hydrogen-bond donors (Lipinski definition) is 2. The summed E-state index contributed by atoms with van der Waals surface area (Å²) in [6.07, 6.45) is 0.711. The lowest BCUT2D eigenvalue weighted by Crippen LogP contribution is -2.10. The Labute approximate surface area is 93.8 Å². The van der Waals surface area contributed by atoms with E-state index in [2.05, 4.69) is 0 Å². The summed E-state index contributed by atoms with van der Waals surface area (Å²) in [6, 6.07) is 5.19. The second-order valence-electron chi connectivity index (χ2n) is 3.19. The van der Waals surface area contributed by atoms with Gasteiger partial charge in [0.25, 0.3) is 0 Å². The largest absolute Gasteiger partial charge is 0.496 e. The molecule has 0 saturated heterocycles. The van der Waals surface area contributed by atoms with Crippen molar-refractivity contribution in [3.05, 3.63) is 23.8 Å². The van der Waals surface area contributed by atoms with Crippen LogP contribution in [0.25, 0.3) is 0 Å². The molecule has 1 aromatic carbocycles. The van der Waals surface area contributed by atoms with Crippen molar-refractivity contribution in [1.29, 1.82) is 0 Å². The quantitative estimate of drug-likeness (QED) is 0.743. The summed E-state index contributed by atoms with van der Waals surface area (Å²) < 4.78 is 10.2. The predicted molar refractivity (Wildman–Crippen MR) is 58.9 cm³/mol. The van der Waals surface area contributed by atoms with Crippen LogP contribution < -0.4 is 15.2 Å². The van der Waals surface area contributed by atoms with E-state index in [9.17, 15) is 4.79 Å². The smallest absolute Gasteiger partial charge is 0.341 e. The molecule has 1 rings (SSSR count). The molecule has 0 aliphatic rings. The number of rotatable bonds is 6. The second kappa shape index (κ2) is 5.97. The molecular formula is C11H15NO4. The Bertz CT molecular complexity index is 365. The average Bonchev–Trinajstić information content (AvgIpc) is 2.28. The Balaban J connectivity index is 2.77. The van der Waals surface area contributed by atoms with Gasteiger partial charge in [-0.15, -0.1) is 0 Å². The number of aliphatic carboxylic acids is 1. The first-order chi connectivity index (χ1) is 7.67. The molecule has 0 radical (unpaired) electrons. The van der Waals surface area contributed by atoms with Crippen LogP contribution in [0.3, 0.4) is 0 Å². The number of ether oxygens (including phenoxy) is 2. The van der Waals surface area contributed by atoms with Crippen molar-refractivity contribution in [2.24, 2.45) is 5.73 Å². The Morgan fingerprint density at radius 3 is 2.81 bits per heavy atom. The summed E-state index contributed by atoms with van der Waals surface area (Å²) in [7, 11) is 1.55. The van der Waals surface area contributed by atoms with Gasteiger partial charge in [-0.2, -0.15) is 0 Å². The Morgan fingerprint density at radius 2 is 2.25 bits per heavy atom. The molecule has 0 heterocycles. The predicted octanol–water partition coefficient (Wildman–Crippen LogP) is 0.660. The van der Waals surface area contributed by atoms with E-state index >= 15 is 0 Å². The van der Waals surface area contributed by atoms with Gasteiger partial charge in [-0.1, -0.05) is 6.07 Å². The third-order valence-corrected chi connectivity index (χ3v) is 2.03. The number of benzene rings is 1. The van der Waals surface area contributed by atoms with E-state index in [1.54, 1.807) is 19.2 Å². The van der Waals surface area contributed by atoms with Crippen LogP contribution >= 0.6 is 0 Å². The maximum atomic E-state index is 10.3. The molecule has 0 aliphatic carbocycles. The fourth-order valence-electron chi connectivity index (χ4n) is 1.32. The van der Waals surface area contributed by atoms with Crippen molar-refractivity contribution in [3.63, 3.8) is 0 Å². The van der Waals surface area contributed by atoms with Crippen LogP contribution in [-0.2, 0) is 11.2 Å². The van der Waals surface area contributed by atoms with Crippen molar-refractivity contribution in [3.8, 4) is 11.5 Å². The number of carbonyl (C=O) groups is 1. The maximum Gasteiger partial charge on any atom is 0.341 e. The molecule has 1 aromatic rings. The van der Waals surface area contributed by atoms with E-state index < -0.39 is 5.97 Å². The number of hydrogen-bond acceptors (Lipinski definition) is 4. The van der Waals surface area contributed by atoms with Gasteiger partial charge in [0.2, 0.25) is 0 Å². The first-order valence-corrected chi connectivity index (χ1v) is 4.89. The van der Waals surface area contributed by atoms with Gasteiger partial charge in [-0.3, -0.25) is 0 Å². The summed E-state index contributed by atoms with van der Waals surface area (Å²) in [5.41, 5.74) is 6.44. The van der Waals surface area contributed by atoms with Crippen LogP contribution in [0.5, 0.6) is 11.5 Å². The Morgan fingerprint density at radius 1 is 1.50 bits per heavy atom. The van der Waals surface area contributed by atoms with Crippen LogP contribution in [0.1, 0.15) is 5.56 Å². The maximum absolute atomic E-state index is 10.3. The van der Waals surface area contributed by atoms with Gasteiger partial charge in [0.1, 0.15) is 11.5 Å². The van der Waals surface area contributed by atoms with Gasteiger partial charge in [-0.25, -0.2) is 4.79 Å². The van der Waals surface area contributed by atoms with Crippen molar-refractivity contribution in [2.75, 3.05) is 20.3 Å². The summed E-state index contributed by atoms with van der Waals surface area (Å²) in [4.78, 5) is 10.3. The molecule has 3 N–H and O–H groups in total. The number of carboxylic acids is 1. The molecular weight excluding hydrogens is 210 g/mol. The SMILES string of the molecule is COc1cc(OCC(=O)O)ccc1CCN. The van der Waals surface area contributed by atoms with Crippen molar-refractivity contribution in [2.45, 2.75) is 6.42 Å². The first kappa shape index (κ1) is 12.3. The molecule has 5 heteroatoms. The van der Waals surface area contributed by atoms with Gasteiger partial charge >= 0.3 is 5.97 Å². The molecule has 0 amide bonds. The van der Waals surface area contributed by atoms with E-state index in [1.165, 1.54) is 0 Å². The number of methoxy groups -OCH3 is 1. The minimum absolute atomic E-state index is 0.362. The standard InChI is InChI=1S/C11H15NO4/c1-15-10-6-9(16-7-11(13)14)3-2-8(10)4-5-12/h2-3,6H,4-5,7,12H2,1H3,(H,13,14). The van der Waals surface area contributed by atoms with E-state index in [1.807, 2.05) is 6.07 Å². The molecule has 0 saturated carbocycles.